The van der Waals surface area contributed by atoms with E-state index >= 15 is 0 Å². The number of carbonyl (C=O) groups is 3. The van der Waals surface area contributed by atoms with Crippen molar-refractivity contribution in [3.8, 4) is 0 Å². The first kappa shape index (κ1) is 33.7. The van der Waals surface area contributed by atoms with Gasteiger partial charge in [0.05, 0.1) is 5.57 Å². The van der Waals surface area contributed by atoms with Gasteiger partial charge in [0.25, 0.3) is 5.91 Å². The largest absolute Gasteiger partial charge is 0.340 e. The third-order valence-corrected chi connectivity index (χ3v) is 9.77. The predicted molar refractivity (Wildman–Crippen MR) is 187 cm³/mol. The monoisotopic (exact) mass is 631 g/mol. The van der Waals surface area contributed by atoms with Crippen LogP contribution < -0.4 is 10.8 Å². The van der Waals surface area contributed by atoms with Gasteiger partial charge in [0.15, 0.2) is 11.6 Å². The minimum absolute atomic E-state index is 0.0616. The molecule has 0 aromatic heterocycles. The molecule has 1 saturated carbocycles. The molecule has 7 nitrogen and oxygen atoms in total. The molecule has 1 aromatic rings. The average molecular weight is 632 g/mol. The van der Waals surface area contributed by atoms with Crippen LogP contribution in [-0.2, 0) is 20.8 Å². The Labute approximate surface area is 278 Å². The van der Waals surface area contributed by atoms with Gasteiger partial charge in [-0.25, -0.2) is 10.5 Å². The van der Waals surface area contributed by atoms with Gasteiger partial charge in [-0.3, -0.25) is 19.6 Å². The Morgan fingerprint density at radius 2 is 1.85 bits per heavy atom. The number of benzene rings is 1. The Kier molecular flexibility index (Phi) is 11.0. The van der Waals surface area contributed by atoms with Crippen molar-refractivity contribution in [2.45, 2.75) is 72.1 Å². The number of amides is 1. The number of hydrogen-bond donors (Lipinski definition) is 3. The smallest absolute Gasteiger partial charge is 0.267 e. The summed E-state index contributed by atoms with van der Waals surface area (Å²) in [6.07, 6.45) is 23.0. The van der Waals surface area contributed by atoms with E-state index in [9.17, 15) is 14.4 Å². The van der Waals surface area contributed by atoms with Crippen molar-refractivity contribution in [3.05, 3.63) is 124 Å². The Morgan fingerprint density at radius 3 is 2.55 bits per heavy atom. The number of Topliss-reactive ketones (excluding diaryl/α,β-unsaturated/α-hetero) is 2. The highest BCUT2D eigenvalue weighted by atomic mass is 16.5. The maximum Gasteiger partial charge on any atom is 0.267 e. The standard InChI is InChI=1S/C40H45N3O4/c1-25(22-30-14-12-29(13-15-30)16-21-38(46)43-47)31-10-7-11-33(18-17-31)42-40-26(2)23-35-34(32-8-5-6-9-32)19-20-37(45)39(28(4)44)27(3)36(35)24-41-40/h10-18,21,23-25,32,34,47H,2,5-9,19-20,22H2,1,3-4H3,(H,41,42)(H,43,46)/b21-16+,39-27-. The lowest BCUT2D eigenvalue weighted by Crippen LogP contribution is -2.24. The normalized spacial score (nSPS) is 22.9. The lowest BCUT2D eigenvalue weighted by atomic mass is 9.73. The van der Waals surface area contributed by atoms with Gasteiger partial charge in [-0.15, -0.1) is 0 Å². The number of aliphatic imine (C=N–C) groups is 1. The van der Waals surface area contributed by atoms with Crippen molar-refractivity contribution in [3.63, 3.8) is 0 Å². The molecule has 0 bridgehead atoms. The van der Waals surface area contributed by atoms with E-state index in [1.165, 1.54) is 37.0 Å². The molecule has 0 radical (unpaired) electrons. The second kappa shape index (κ2) is 15.3. The van der Waals surface area contributed by atoms with Crippen LogP contribution in [-0.4, -0.2) is 28.5 Å². The number of hydroxylamine groups is 1. The maximum absolute atomic E-state index is 13.2. The molecular weight excluding hydrogens is 586 g/mol. The van der Waals surface area contributed by atoms with Gasteiger partial charge in [-0.1, -0.05) is 68.8 Å². The van der Waals surface area contributed by atoms with Gasteiger partial charge in [0, 0.05) is 35.5 Å². The number of rotatable bonds is 8. The first-order chi connectivity index (χ1) is 22.6. The summed E-state index contributed by atoms with van der Waals surface area (Å²) in [7, 11) is 0. The molecule has 0 saturated heterocycles. The van der Waals surface area contributed by atoms with E-state index < -0.39 is 5.91 Å². The third kappa shape index (κ3) is 8.22. The first-order valence-electron chi connectivity index (χ1n) is 16.7. The summed E-state index contributed by atoms with van der Waals surface area (Å²) in [5.41, 5.74) is 9.66. The predicted octanol–water partition coefficient (Wildman–Crippen LogP) is 7.60. The zero-order valence-electron chi connectivity index (χ0n) is 27.6. The number of allylic oxidation sites excluding steroid dienone is 9. The van der Waals surface area contributed by atoms with Gasteiger partial charge in [0.1, 0.15) is 5.84 Å². The zero-order chi connectivity index (χ0) is 33.5. The fraction of sp³-hybridized carbons (Fsp3) is 0.350. The molecule has 1 aliphatic heterocycles. The molecule has 4 aliphatic rings. The summed E-state index contributed by atoms with van der Waals surface area (Å²) < 4.78 is 0. The number of fused-ring (bicyclic) bond motifs is 1. The Morgan fingerprint density at radius 1 is 1.11 bits per heavy atom. The van der Waals surface area contributed by atoms with E-state index in [1.807, 2.05) is 25.3 Å². The fourth-order valence-corrected chi connectivity index (χ4v) is 7.26. The summed E-state index contributed by atoms with van der Waals surface area (Å²) in [5.74, 6) is 0.872. The fourth-order valence-electron chi connectivity index (χ4n) is 7.26. The summed E-state index contributed by atoms with van der Waals surface area (Å²) in [5, 5.41) is 12.2. The molecule has 1 aromatic carbocycles. The SMILES string of the molecule is C=C1C=C2C(=CN=C1NC1=CCC=C(C(C)Cc3ccc(/C=C/C(=O)NO)cc3)C=C1)/C(C)=C(/C(C)=O)C(=O)CCC2C1CCCC1. The van der Waals surface area contributed by atoms with Crippen LogP contribution in [0.1, 0.15) is 76.8 Å². The van der Waals surface area contributed by atoms with E-state index in [0.29, 0.717) is 29.3 Å². The number of amidine groups is 1. The van der Waals surface area contributed by atoms with Crippen LogP contribution in [0.3, 0.4) is 0 Å². The Balaban J connectivity index is 1.32. The number of ketones is 2. The molecule has 5 rings (SSSR count). The topological polar surface area (TPSA) is 108 Å². The maximum atomic E-state index is 13.2. The van der Waals surface area contributed by atoms with Gasteiger partial charge in [-0.2, -0.15) is 0 Å². The highest BCUT2D eigenvalue weighted by Crippen LogP contribution is 2.44. The van der Waals surface area contributed by atoms with E-state index in [4.69, 9.17) is 10.2 Å². The molecule has 2 atom stereocenters. The summed E-state index contributed by atoms with van der Waals surface area (Å²) in [4.78, 5) is 41.9. The van der Waals surface area contributed by atoms with Crippen molar-refractivity contribution in [1.82, 2.24) is 10.8 Å². The van der Waals surface area contributed by atoms with Crippen LogP contribution in [0, 0.1) is 17.8 Å². The van der Waals surface area contributed by atoms with Crippen LogP contribution in [0.5, 0.6) is 0 Å². The molecule has 7 heteroatoms. The highest BCUT2D eigenvalue weighted by molar-refractivity contribution is 6.20. The molecule has 3 aliphatic carbocycles. The Bertz CT molecular complexity index is 1690. The van der Waals surface area contributed by atoms with Crippen molar-refractivity contribution >= 4 is 29.4 Å². The van der Waals surface area contributed by atoms with Crippen molar-refractivity contribution in [2.24, 2.45) is 22.7 Å². The molecule has 2 unspecified atom stereocenters. The second-order valence-electron chi connectivity index (χ2n) is 13.0. The van der Waals surface area contributed by atoms with Gasteiger partial charge in [0.2, 0.25) is 0 Å². The molecular formula is C40H45N3O4. The number of nitrogens with zero attached hydrogens (tertiary/aromatic N) is 1. The van der Waals surface area contributed by atoms with Gasteiger partial charge in [-0.05, 0) is 110 Å². The second-order valence-corrected chi connectivity index (χ2v) is 13.0. The van der Waals surface area contributed by atoms with E-state index in [2.05, 4.69) is 61.3 Å². The average Bonchev–Trinajstić information content (AvgIpc) is 3.41. The highest BCUT2D eigenvalue weighted by Gasteiger charge is 2.35. The van der Waals surface area contributed by atoms with Crippen molar-refractivity contribution in [2.75, 3.05) is 0 Å². The Hall–Kier alpha value is -4.62. The van der Waals surface area contributed by atoms with Gasteiger partial charge < -0.3 is 5.32 Å². The molecule has 1 amide bonds. The van der Waals surface area contributed by atoms with Crippen molar-refractivity contribution < 1.29 is 19.6 Å². The minimum Gasteiger partial charge on any atom is -0.340 e. The van der Waals surface area contributed by atoms with E-state index in [0.717, 1.165) is 60.1 Å². The van der Waals surface area contributed by atoms with Crippen LogP contribution in [0.15, 0.2) is 118 Å². The summed E-state index contributed by atoms with van der Waals surface area (Å²) in [6.45, 7) is 10.00. The third-order valence-electron chi connectivity index (χ3n) is 9.77. The molecule has 0 spiro atoms. The molecule has 3 N–H and O–H groups in total. The molecule has 1 fully saturated rings. The quantitative estimate of drug-likeness (QED) is 0.119. The first-order valence-corrected chi connectivity index (χ1v) is 16.7. The van der Waals surface area contributed by atoms with Crippen LogP contribution in [0.4, 0.5) is 0 Å². The van der Waals surface area contributed by atoms with Crippen LogP contribution >= 0.6 is 0 Å². The van der Waals surface area contributed by atoms with E-state index in [-0.39, 0.29) is 23.4 Å². The lowest BCUT2D eigenvalue weighted by molar-refractivity contribution is -0.124. The lowest BCUT2D eigenvalue weighted by Gasteiger charge is -2.30. The summed E-state index contributed by atoms with van der Waals surface area (Å²) >= 11 is 0. The molecule has 244 valence electrons. The van der Waals surface area contributed by atoms with Crippen LogP contribution in [0.2, 0.25) is 0 Å². The number of hydrogen-bond acceptors (Lipinski definition) is 6. The molecule has 47 heavy (non-hydrogen) atoms. The molecule has 1 heterocycles. The number of carbonyl (C=O) groups excluding carboxylic acids is 3. The van der Waals surface area contributed by atoms with Crippen LogP contribution in [0.25, 0.3) is 6.08 Å². The number of nitrogens with one attached hydrogen (secondary N) is 2. The summed E-state index contributed by atoms with van der Waals surface area (Å²) in [6, 6.07) is 8.04. The zero-order valence-corrected chi connectivity index (χ0v) is 27.6. The van der Waals surface area contributed by atoms with Gasteiger partial charge >= 0.3 is 0 Å². The minimum atomic E-state index is -0.563. The van der Waals surface area contributed by atoms with Crippen molar-refractivity contribution in [1.29, 1.82) is 0 Å². The van der Waals surface area contributed by atoms with E-state index in [1.54, 1.807) is 11.6 Å².